The van der Waals surface area contributed by atoms with Crippen LogP contribution in [0.2, 0.25) is 0 Å². The third kappa shape index (κ3) is 2.59. The minimum Gasteiger partial charge on any atom is -0.363 e. The van der Waals surface area contributed by atoms with Crippen LogP contribution in [0.4, 0.5) is 10.2 Å². The molecule has 0 aliphatic heterocycles. The molecule has 15 heavy (non-hydrogen) atoms. The molecule has 2 nitrogen and oxygen atoms in total. The monoisotopic (exact) mass is 228 g/mol. The third-order valence-corrected chi connectivity index (χ3v) is 3.28. The van der Waals surface area contributed by atoms with Gasteiger partial charge in [0.05, 0.1) is 5.38 Å². The molecule has 1 N–H and O–H groups in total. The van der Waals surface area contributed by atoms with Crippen LogP contribution in [0.25, 0.3) is 0 Å². The van der Waals surface area contributed by atoms with Gasteiger partial charge in [-0.1, -0.05) is 12.8 Å². The minimum absolute atomic E-state index is 0.0835. The van der Waals surface area contributed by atoms with Crippen LogP contribution in [0.3, 0.4) is 0 Å². The summed E-state index contributed by atoms with van der Waals surface area (Å²) in [6.45, 7) is 0. The molecule has 0 aromatic carbocycles. The van der Waals surface area contributed by atoms with Crippen molar-refractivity contribution in [3.05, 3.63) is 24.1 Å². The first-order valence-electron chi connectivity index (χ1n) is 5.28. The van der Waals surface area contributed by atoms with Crippen molar-refractivity contribution in [3.8, 4) is 0 Å². The Morgan fingerprint density at radius 3 is 2.93 bits per heavy atom. The molecule has 0 amide bonds. The second-order valence-electron chi connectivity index (χ2n) is 3.89. The lowest BCUT2D eigenvalue weighted by molar-refractivity contribution is 0.466. The second kappa shape index (κ2) is 4.79. The van der Waals surface area contributed by atoms with E-state index in [9.17, 15) is 4.39 Å². The number of rotatable bonds is 2. The van der Waals surface area contributed by atoms with Gasteiger partial charge in [-0.05, 0) is 25.0 Å². The van der Waals surface area contributed by atoms with Gasteiger partial charge < -0.3 is 5.32 Å². The van der Waals surface area contributed by atoms with E-state index in [0.717, 1.165) is 25.7 Å². The molecule has 1 heterocycles. The predicted octanol–water partition coefficient (Wildman–Crippen LogP) is 3.18. The van der Waals surface area contributed by atoms with Gasteiger partial charge in [0.1, 0.15) is 0 Å². The molecule has 1 aromatic heterocycles. The van der Waals surface area contributed by atoms with Gasteiger partial charge in [0.15, 0.2) is 11.6 Å². The van der Waals surface area contributed by atoms with Crippen molar-refractivity contribution >= 4 is 17.4 Å². The van der Waals surface area contributed by atoms with E-state index in [2.05, 4.69) is 10.3 Å². The number of aromatic nitrogens is 1. The summed E-state index contributed by atoms with van der Waals surface area (Å²) in [5.74, 6) is 0.00184. The maximum absolute atomic E-state index is 13.3. The number of alkyl halides is 1. The molecule has 0 saturated heterocycles. The van der Waals surface area contributed by atoms with Gasteiger partial charge in [0, 0.05) is 12.2 Å². The summed E-state index contributed by atoms with van der Waals surface area (Å²) in [6, 6.07) is 3.13. The van der Waals surface area contributed by atoms with E-state index in [4.69, 9.17) is 11.6 Å². The Labute approximate surface area is 93.9 Å². The van der Waals surface area contributed by atoms with E-state index in [1.807, 2.05) is 0 Å². The van der Waals surface area contributed by atoms with Crippen LogP contribution in [-0.2, 0) is 0 Å². The maximum Gasteiger partial charge on any atom is 0.165 e. The normalized spacial score (nSPS) is 26.3. The predicted molar refractivity (Wildman–Crippen MR) is 59.7 cm³/mol. The Hall–Kier alpha value is -0.830. The van der Waals surface area contributed by atoms with Crippen molar-refractivity contribution in [2.45, 2.75) is 37.1 Å². The van der Waals surface area contributed by atoms with E-state index >= 15 is 0 Å². The van der Waals surface area contributed by atoms with Crippen molar-refractivity contribution < 1.29 is 4.39 Å². The van der Waals surface area contributed by atoms with E-state index < -0.39 is 0 Å². The number of halogens is 2. The smallest absolute Gasteiger partial charge is 0.165 e. The highest BCUT2D eigenvalue weighted by molar-refractivity contribution is 6.21. The molecule has 0 bridgehead atoms. The molecular formula is C11H14ClFN2. The Morgan fingerprint density at radius 2 is 2.20 bits per heavy atom. The van der Waals surface area contributed by atoms with E-state index in [1.54, 1.807) is 12.3 Å². The Morgan fingerprint density at radius 1 is 1.40 bits per heavy atom. The first-order chi connectivity index (χ1) is 7.27. The highest BCUT2D eigenvalue weighted by Crippen LogP contribution is 2.26. The molecule has 0 radical (unpaired) electrons. The van der Waals surface area contributed by atoms with Crippen LogP contribution in [-0.4, -0.2) is 16.4 Å². The topological polar surface area (TPSA) is 24.9 Å². The highest BCUT2D eigenvalue weighted by atomic mass is 35.5. The van der Waals surface area contributed by atoms with E-state index in [1.165, 1.54) is 6.07 Å². The van der Waals surface area contributed by atoms with Crippen molar-refractivity contribution in [2.24, 2.45) is 0 Å². The van der Waals surface area contributed by atoms with Gasteiger partial charge in [-0.15, -0.1) is 11.6 Å². The summed E-state index contributed by atoms with van der Waals surface area (Å²) in [7, 11) is 0. The lowest BCUT2D eigenvalue weighted by Crippen LogP contribution is -2.33. The molecule has 82 valence electrons. The van der Waals surface area contributed by atoms with Gasteiger partial charge in [-0.3, -0.25) is 0 Å². The van der Waals surface area contributed by atoms with Gasteiger partial charge in [-0.2, -0.15) is 0 Å². The molecule has 2 unspecified atom stereocenters. The fraction of sp³-hybridized carbons (Fsp3) is 0.545. The molecular weight excluding hydrogens is 215 g/mol. The van der Waals surface area contributed by atoms with Gasteiger partial charge in [-0.25, -0.2) is 9.37 Å². The summed E-state index contributed by atoms with van der Waals surface area (Å²) in [6.07, 6.45) is 5.88. The van der Waals surface area contributed by atoms with Crippen molar-refractivity contribution in [2.75, 3.05) is 5.32 Å². The Bertz CT molecular complexity index is 332. The second-order valence-corrected chi connectivity index (χ2v) is 4.45. The maximum atomic E-state index is 13.3. The van der Waals surface area contributed by atoms with Crippen molar-refractivity contribution in [3.63, 3.8) is 0 Å². The van der Waals surface area contributed by atoms with Crippen LogP contribution in [0.5, 0.6) is 0 Å². The zero-order valence-electron chi connectivity index (χ0n) is 8.42. The highest BCUT2D eigenvalue weighted by Gasteiger charge is 2.23. The number of pyridine rings is 1. The SMILES string of the molecule is Fc1cccnc1NC1CCCCC1Cl. The third-order valence-electron chi connectivity index (χ3n) is 2.76. The molecule has 1 aliphatic carbocycles. The fourth-order valence-electron chi connectivity index (χ4n) is 1.92. The van der Waals surface area contributed by atoms with Gasteiger partial charge in [0.25, 0.3) is 0 Å². The molecule has 0 spiro atoms. The van der Waals surface area contributed by atoms with Crippen molar-refractivity contribution in [1.82, 2.24) is 4.98 Å². The van der Waals surface area contributed by atoms with Gasteiger partial charge in [0.2, 0.25) is 0 Å². The Kier molecular flexibility index (Phi) is 3.41. The van der Waals surface area contributed by atoms with Crippen molar-refractivity contribution in [1.29, 1.82) is 0 Å². The summed E-state index contributed by atoms with van der Waals surface area (Å²) in [5.41, 5.74) is 0. The number of hydrogen-bond donors (Lipinski definition) is 1. The molecule has 2 rings (SSSR count). The van der Waals surface area contributed by atoms with E-state index in [-0.39, 0.29) is 17.2 Å². The van der Waals surface area contributed by atoms with E-state index in [0.29, 0.717) is 5.82 Å². The largest absolute Gasteiger partial charge is 0.363 e. The summed E-state index contributed by atoms with van der Waals surface area (Å²) >= 11 is 6.17. The lowest BCUT2D eigenvalue weighted by Gasteiger charge is -2.28. The molecule has 4 heteroatoms. The number of nitrogens with one attached hydrogen (secondary N) is 1. The van der Waals surface area contributed by atoms with Gasteiger partial charge >= 0.3 is 0 Å². The molecule has 2 atom stereocenters. The first-order valence-corrected chi connectivity index (χ1v) is 5.72. The first kappa shape index (κ1) is 10.7. The fourth-order valence-corrected chi connectivity index (χ4v) is 2.26. The standard InChI is InChI=1S/C11H14ClFN2/c12-8-4-1-2-6-10(8)15-11-9(13)5-3-7-14-11/h3,5,7-8,10H,1-2,4,6H2,(H,14,15). The number of hydrogen-bond acceptors (Lipinski definition) is 2. The summed E-state index contributed by atoms with van der Waals surface area (Å²) in [4.78, 5) is 3.96. The number of anilines is 1. The number of nitrogens with zero attached hydrogens (tertiary/aromatic N) is 1. The Balaban J connectivity index is 2.04. The van der Waals surface area contributed by atoms with Crippen LogP contribution in [0.15, 0.2) is 18.3 Å². The molecule has 1 aromatic rings. The van der Waals surface area contributed by atoms with Crippen LogP contribution in [0.1, 0.15) is 25.7 Å². The van der Waals surface area contributed by atoms with Crippen LogP contribution in [0, 0.1) is 5.82 Å². The molecule has 1 fully saturated rings. The lowest BCUT2D eigenvalue weighted by atomic mass is 9.95. The average molecular weight is 229 g/mol. The zero-order chi connectivity index (χ0) is 10.7. The molecule has 1 saturated carbocycles. The van der Waals surface area contributed by atoms with Crippen LogP contribution < -0.4 is 5.32 Å². The average Bonchev–Trinajstić information content (AvgIpc) is 2.24. The van der Waals surface area contributed by atoms with Crippen LogP contribution >= 0.6 is 11.6 Å². The summed E-state index contributed by atoms with van der Waals surface area (Å²) in [5, 5.41) is 3.16. The quantitative estimate of drug-likeness (QED) is 0.787. The minimum atomic E-state index is -0.313. The summed E-state index contributed by atoms with van der Waals surface area (Å²) < 4.78 is 13.3. The zero-order valence-corrected chi connectivity index (χ0v) is 9.17. The molecule has 1 aliphatic rings.